The Kier molecular flexibility index (Phi) is 2.89. The summed E-state index contributed by atoms with van der Waals surface area (Å²) in [7, 11) is 0. The van der Waals surface area contributed by atoms with Gasteiger partial charge in [0.2, 0.25) is 0 Å². The lowest BCUT2D eigenvalue weighted by Gasteiger charge is -2.48. The number of rotatable bonds is 0. The van der Waals surface area contributed by atoms with Crippen LogP contribution in [-0.4, -0.2) is 34.2 Å². The van der Waals surface area contributed by atoms with E-state index < -0.39 is 0 Å². The molecular weight excluding hydrogens is 272 g/mol. The number of nitrogens with zero attached hydrogens (tertiary/aromatic N) is 1. The fourth-order valence-corrected chi connectivity index (χ4v) is 5.27. The summed E-state index contributed by atoms with van der Waals surface area (Å²) >= 11 is 0. The second-order valence-electron chi connectivity index (χ2n) is 7.55. The van der Waals surface area contributed by atoms with Gasteiger partial charge in [0.15, 0.2) is 0 Å². The molecule has 0 amide bonds. The largest absolute Gasteiger partial charge is 0.393 e. The summed E-state index contributed by atoms with van der Waals surface area (Å²) in [5, 5.41) is 11.5. The molecule has 0 bridgehead atoms. The van der Waals surface area contributed by atoms with Crippen LogP contribution in [0.2, 0.25) is 0 Å². The van der Waals surface area contributed by atoms with Crippen molar-refractivity contribution in [1.29, 1.82) is 0 Å². The monoisotopic (exact) mass is 296 g/mol. The predicted molar refractivity (Wildman–Crippen MR) is 87.8 cm³/mol. The molecule has 1 aromatic heterocycles. The minimum atomic E-state index is -0.0569. The van der Waals surface area contributed by atoms with E-state index in [0.29, 0.717) is 12.0 Å². The van der Waals surface area contributed by atoms with Crippen molar-refractivity contribution in [1.82, 2.24) is 9.88 Å². The fourth-order valence-electron chi connectivity index (χ4n) is 5.27. The maximum Gasteiger partial charge on any atom is 0.0543 e. The van der Waals surface area contributed by atoms with Crippen LogP contribution in [-0.2, 0) is 6.42 Å². The van der Waals surface area contributed by atoms with Gasteiger partial charge in [-0.25, -0.2) is 0 Å². The van der Waals surface area contributed by atoms with Crippen molar-refractivity contribution in [2.75, 3.05) is 13.1 Å². The Morgan fingerprint density at radius 3 is 2.95 bits per heavy atom. The Balaban J connectivity index is 1.53. The number of nitrogens with one attached hydrogen (secondary N) is 1. The first-order valence-electron chi connectivity index (χ1n) is 8.81. The van der Waals surface area contributed by atoms with Gasteiger partial charge < -0.3 is 10.1 Å². The fraction of sp³-hybridized carbons (Fsp3) is 0.579. The molecule has 4 atom stereocenters. The van der Waals surface area contributed by atoms with Crippen molar-refractivity contribution < 1.29 is 5.11 Å². The van der Waals surface area contributed by atoms with Gasteiger partial charge in [0.05, 0.1) is 12.1 Å². The second kappa shape index (κ2) is 4.84. The van der Waals surface area contributed by atoms with Crippen LogP contribution in [0, 0.1) is 11.8 Å². The highest BCUT2D eigenvalue weighted by atomic mass is 16.3. The van der Waals surface area contributed by atoms with E-state index in [0.717, 1.165) is 18.8 Å². The highest BCUT2D eigenvalue weighted by Crippen LogP contribution is 2.46. The maximum atomic E-state index is 10.0. The highest BCUT2D eigenvalue weighted by molar-refractivity contribution is 5.85. The maximum absolute atomic E-state index is 10.0. The predicted octanol–water partition coefficient (Wildman–Crippen LogP) is 3.25. The van der Waals surface area contributed by atoms with Gasteiger partial charge in [-0.15, -0.1) is 0 Å². The zero-order valence-electron chi connectivity index (χ0n) is 13.0. The SMILES string of the molecule is O[C@@H]1CC[C@@H]2CN3CCc4c([nH]c5ccccc45)[C@H]3C[C@@H]2C1. The summed E-state index contributed by atoms with van der Waals surface area (Å²) in [6, 6.07) is 9.28. The lowest BCUT2D eigenvalue weighted by Crippen LogP contribution is -2.48. The molecule has 0 spiro atoms. The van der Waals surface area contributed by atoms with E-state index >= 15 is 0 Å². The number of hydrogen-bond acceptors (Lipinski definition) is 2. The number of hydrogen-bond donors (Lipinski definition) is 2. The molecule has 3 aliphatic rings. The third-order valence-corrected chi connectivity index (χ3v) is 6.38. The number of para-hydroxylation sites is 1. The van der Waals surface area contributed by atoms with Crippen molar-refractivity contribution >= 4 is 10.9 Å². The molecule has 22 heavy (non-hydrogen) atoms. The van der Waals surface area contributed by atoms with Gasteiger partial charge in [-0.1, -0.05) is 18.2 Å². The van der Waals surface area contributed by atoms with Crippen LogP contribution in [0.15, 0.2) is 24.3 Å². The lowest BCUT2D eigenvalue weighted by atomic mass is 9.70. The summed E-state index contributed by atoms with van der Waals surface area (Å²) in [6.45, 7) is 2.43. The Hall–Kier alpha value is -1.32. The molecule has 3 heterocycles. The van der Waals surface area contributed by atoms with Crippen LogP contribution in [0.1, 0.15) is 43.0 Å². The minimum absolute atomic E-state index is 0.0569. The molecule has 2 aromatic rings. The lowest BCUT2D eigenvalue weighted by molar-refractivity contribution is -0.0107. The summed E-state index contributed by atoms with van der Waals surface area (Å²) in [4.78, 5) is 6.42. The third kappa shape index (κ3) is 1.88. The Morgan fingerprint density at radius 2 is 2.00 bits per heavy atom. The van der Waals surface area contributed by atoms with Crippen molar-refractivity contribution in [2.45, 2.75) is 44.2 Å². The quantitative estimate of drug-likeness (QED) is 0.783. The average molecular weight is 296 g/mol. The molecule has 1 aliphatic carbocycles. The van der Waals surface area contributed by atoms with E-state index in [1.165, 1.54) is 48.9 Å². The number of aromatic amines is 1. The van der Waals surface area contributed by atoms with Crippen molar-refractivity contribution in [3.05, 3.63) is 35.5 Å². The normalized spacial score (nSPS) is 35.0. The molecule has 5 rings (SSSR count). The van der Waals surface area contributed by atoms with Crippen molar-refractivity contribution in [3.63, 3.8) is 0 Å². The first kappa shape index (κ1) is 13.1. The zero-order valence-corrected chi connectivity index (χ0v) is 13.0. The summed E-state index contributed by atoms with van der Waals surface area (Å²) in [5.41, 5.74) is 4.30. The van der Waals surface area contributed by atoms with Gasteiger partial charge in [0.1, 0.15) is 0 Å². The van der Waals surface area contributed by atoms with Crippen LogP contribution in [0.4, 0.5) is 0 Å². The van der Waals surface area contributed by atoms with Crippen molar-refractivity contribution in [3.8, 4) is 0 Å². The molecule has 1 aromatic carbocycles. The number of benzene rings is 1. The van der Waals surface area contributed by atoms with E-state index in [1.54, 1.807) is 5.56 Å². The number of fused-ring (bicyclic) bond motifs is 6. The summed E-state index contributed by atoms with van der Waals surface area (Å²) < 4.78 is 0. The average Bonchev–Trinajstić information content (AvgIpc) is 2.92. The van der Waals surface area contributed by atoms with Gasteiger partial charge in [-0.3, -0.25) is 4.90 Å². The number of aliphatic hydroxyl groups is 1. The number of aliphatic hydroxyl groups excluding tert-OH is 1. The van der Waals surface area contributed by atoms with Gasteiger partial charge in [0.25, 0.3) is 0 Å². The smallest absolute Gasteiger partial charge is 0.0543 e. The third-order valence-electron chi connectivity index (χ3n) is 6.38. The first-order valence-corrected chi connectivity index (χ1v) is 8.81. The van der Waals surface area contributed by atoms with Crippen molar-refractivity contribution in [2.24, 2.45) is 11.8 Å². The van der Waals surface area contributed by atoms with Crippen LogP contribution in [0.25, 0.3) is 10.9 Å². The molecule has 3 nitrogen and oxygen atoms in total. The molecule has 2 fully saturated rings. The minimum Gasteiger partial charge on any atom is -0.393 e. The van der Waals surface area contributed by atoms with Crippen LogP contribution < -0.4 is 0 Å². The standard InChI is InChI=1S/C19H24N2O/c22-14-6-5-12-11-21-8-7-16-15-3-1-2-4-17(15)20-19(16)18(21)10-13(12)9-14/h1-4,12-14,18,20,22H,5-11H2/t12-,13+,14-,18-/m1/s1. The van der Waals surface area contributed by atoms with E-state index in [-0.39, 0.29) is 6.10 Å². The molecule has 2 N–H and O–H groups in total. The Labute approximate surface area is 131 Å². The Bertz CT molecular complexity index is 707. The topological polar surface area (TPSA) is 39.3 Å². The van der Waals surface area contributed by atoms with Gasteiger partial charge in [-0.05, 0) is 55.6 Å². The molecule has 1 saturated heterocycles. The van der Waals surface area contributed by atoms with Crippen LogP contribution in [0.3, 0.4) is 0 Å². The van der Waals surface area contributed by atoms with Crippen LogP contribution in [0.5, 0.6) is 0 Å². The molecule has 116 valence electrons. The van der Waals surface area contributed by atoms with E-state index in [9.17, 15) is 5.11 Å². The zero-order chi connectivity index (χ0) is 14.7. The number of aromatic nitrogens is 1. The van der Waals surface area contributed by atoms with Gasteiger partial charge in [-0.2, -0.15) is 0 Å². The molecular formula is C19H24N2O. The molecule has 0 radical (unpaired) electrons. The summed E-state index contributed by atoms with van der Waals surface area (Å²) in [6.07, 6.45) is 5.59. The summed E-state index contributed by atoms with van der Waals surface area (Å²) in [5.74, 6) is 1.52. The van der Waals surface area contributed by atoms with E-state index in [2.05, 4.69) is 34.1 Å². The van der Waals surface area contributed by atoms with E-state index in [1.807, 2.05) is 0 Å². The highest BCUT2D eigenvalue weighted by Gasteiger charge is 2.42. The Morgan fingerprint density at radius 1 is 1.09 bits per heavy atom. The molecule has 0 unspecified atom stereocenters. The van der Waals surface area contributed by atoms with Crippen LogP contribution >= 0.6 is 0 Å². The molecule has 2 aliphatic heterocycles. The molecule has 3 heteroatoms. The number of piperidine rings is 1. The van der Waals surface area contributed by atoms with E-state index in [4.69, 9.17) is 0 Å². The first-order chi connectivity index (χ1) is 10.8. The number of H-pyrrole nitrogens is 1. The molecule has 1 saturated carbocycles. The second-order valence-corrected chi connectivity index (χ2v) is 7.55. The van der Waals surface area contributed by atoms with Gasteiger partial charge in [0, 0.05) is 29.7 Å². The van der Waals surface area contributed by atoms with Gasteiger partial charge >= 0.3 is 0 Å².